The average molecular weight is 302 g/mol. The van der Waals surface area contributed by atoms with Crippen LogP contribution in [0, 0.1) is 0 Å². The van der Waals surface area contributed by atoms with Crippen LogP contribution >= 0.6 is 11.6 Å². The Morgan fingerprint density at radius 2 is 2.14 bits per heavy atom. The first-order valence-corrected chi connectivity index (χ1v) is 6.58. The lowest BCUT2D eigenvalue weighted by Gasteiger charge is -2.09. The van der Waals surface area contributed by atoms with E-state index in [2.05, 4.69) is 15.5 Å². The third-order valence-electron chi connectivity index (χ3n) is 3.23. The van der Waals surface area contributed by atoms with Crippen molar-refractivity contribution in [1.82, 2.24) is 20.2 Å². The quantitative estimate of drug-likeness (QED) is 0.430. The first kappa shape index (κ1) is 13.5. The molecule has 1 aromatic carbocycles. The lowest BCUT2D eigenvalue weighted by molar-refractivity contribution is 0.0955. The molecular formula is C14H12ClN5O. The van der Waals surface area contributed by atoms with Gasteiger partial charge in [0.1, 0.15) is 5.69 Å². The minimum Gasteiger partial charge on any atom is -0.290 e. The zero-order chi connectivity index (χ0) is 15.0. The number of para-hydroxylation sites is 1. The highest BCUT2D eigenvalue weighted by atomic mass is 35.5. The predicted octanol–water partition coefficient (Wildman–Crippen LogP) is 1.89. The van der Waals surface area contributed by atoms with Crippen LogP contribution in [-0.2, 0) is 7.05 Å². The number of pyridine rings is 1. The largest absolute Gasteiger partial charge is 0.290 e. The van der Waals surface area contributed by atoms with Crippen LogP contribution in [0.4, 0.5) is 0 Å². The molecule has 0 saturated carbocycles. The van der Waals surface area contributed by atoms with E-state index in [4.69, 9.17) is 17.4 Å². The SMILES string of the molecule is Cn1ncc(Cl)c1-c1cc(C(=O)NN)c2ccccc2n1. The predicted molar refractivity (Wildman–Crippen MR) is 80.6 cm³/mol. The minimum atomic E-state index is -0.381. The molecule has 0 aliphatic rings. The molecule has 7 heteroatoms. The van der Waals surface area contributed by atoms with Crippen LogP contribution in [0.5, 0.6) is 0 Å². The Morgan fingerprint density at radius 3 is 2.81 bits per heavy atom. The van der Waals surface area contributed by atoms with Crippen LogP contribution < -0.4 is 11.3 Å². The molecule has 3 rings (SSSR count). The molecule has 0 aliphatic carbocycles. The Morgan fingerprint density at radius 1 is 1.38 bits per heavy atom. The molecule has 3 N–H and O–H groups in total. The summed E-state index contributed by atoms with van der Waals surface area (Å²) in [5.41, 5.74) is 4.49. The summed E-state index contributed by atoms with van der Waals surface area (Å²) in [6.45, 7) is 0. The van der Waals surface area contributed by atoms with Gasteiger partial charge < -0.3 is 0 Å². The molecule has 1 amide bonds. The van der Waals surface area contributed by atoms with Gasteiger partial charge in [0.25, 0.3) is 5.91 Å². The number of nitrogens with zero attached hydrogens (tertiary/aromatic N) is 3. The monoisotopic (exact) mass is 301 g/mol. The van der Waals surface area contributed by atoms with Gasteiger partial charge in [-0.2, -0.15) is 5.10 Å². The van der Waals surface area contributed by atoms with Crippen LogP contribution in [0.2, 0.25) is 5.02 Å². The van der Waals surface area contributed by atoms with Crippen LogP contribution in [-0.4, -0.2) is 20.7 Å². The lowest BCUT2D eigenvalue weighted by atomic mass is 10.1. The second kappa shape index (κ2) is 5.16. The van der Waals surface area contributed by atoms with Crippen molar-refractivity contribution < 1.29 is 4.79 Å². The molecule has 2 heterocycles. The van der Waals surface area contributed by atoms with E-state index >= 15 is 0 Å². The summed E-state index contributed by atoms with van der Waals surface area (Å²) < 4.78 is 1.61. The molecule has 0 bridgehead atoms. The van der Waals surface area contributed by atoms with Gasteiger partial charge in [0.15, 0.2) is 0 Å². The van der Waals surface area contributed by atoms with E-state index in [9.17, 15) is 4.79 Å². The number of aromatic nitrogens is 3. The number of carbonyl (C=O) groups is 1. The maximum Gasteiger partial charge on any atom is 0.265 e. The maximum atomic E-state index is 12.0. The summed E-state index contributed by atoms with van der Waals surface area (Å²) in [6, 6.07) is 9.01. The van der Waals surface area contributed by atoms with E-state index < -0.39 is 0 Å². The molecule has 0 aliphatic heterocycles. The number of nitrogens with two attached hydrogens (primary N) is 1. The topological polar surface area (TPSA) is 85.8 Å². The standard InChI is InChI=1S/C14H12ClN5O/c1-20-13(10(15)7-17-20)12-6-9(14(21)19-16)8-4-2-3-5-11(8)18-12/h2-7H,16H2,1H3,(H,19,21). The van der Waals surface area contributed by atoms with Crippen molar-refractivity contribution in [3.8, 4) is 11.4 Å². The number of benzene rings is 1. The summed E-state index contributed by atoms with van der Waals surface area (Å²) in [7, 11) is 1.76. The van der Waals surface area contributed by atoms with Crippen molar-refractivity contribution in [2.75, 3.05) is 0 Å². The van der Waals surface area contributed by atoms with Crippen LogP contribution in [0.25, 0.3) is 22.3 Å². The Labute approximate surface area is 125 Å². The number of hydrogen-bond acceptors (Lipinski definition) is 4. The molecule has 6 nitrogen and oxygen atoms in total. The molecule has 0 fully saturated rings. The minimum absolute atomic E-state index is 0.381. The average Bonchev–Trinajstić information content (AvgIpc) is 2.84. The molecule has 0 spiro atoms. The fourth-order valence-electron chi connectivity index (χ4n) is 2.26. The van der Waals surface area contributed by atoms with Gasteiger partial charge in [0, 0.05) is 12.4 Å². The highest BCUT2D eigenvalue weighted by Gasteiger charge is 2.16. The normalized spacial score (nSPS) is 10.8. The van der Waals surface area contributed by atoms with Gasteiger partial charge in [0.2, 0.25) is 0 Å². The molecule has 106 valence electrons. The molecule has 0 radical (unpaired) electrons. The zero-order valence-corrected chi connectivity index (χ0v) is 11.9. The van der Waals surface area contributed by atoms with Gasteiger partial charge in [0.05, 0.1) is 28.0 Å². The van der Waals surface area contributed by atoms with Crippen molar-refractivity contribution >= 4 is 28.4 Å². The lowest BCUT2D eigenvalue weighted by Crippen LogP contribution is -2.30. The summed E-state index contributed by atoms with van der Waals surface area (Å²) in [5.74, 6) is 4.88. The number of nitrogen functional groups attached to an aromatic ring is 1. The number of nitrogens with one attached hydrogen (secondary N) is 1. The van der Waals surface area contributed by atoms with Crippen molar-refractivity contribution in [3.05, 3.63) is 47.1 Å². The first-order valence-electron chi connectivity index (χ1n) is 6.20. The van der Waals surface area contributed by atoms with E-state index in [0.717, 1.165) is 5.39 Å². The van der Waals surface area contributed by atoms with Gasteiger partial charge in [-0.15, -0.1) is 0 Å². The first-order chi connectivity index (χ1) is 10.1. The highest BCUT2D eigenvalue weighted by molar-refractivity contribution is 6.33. The van der Waals surface area contributed by atoms with E-state index in [0.29, 0.717) is 27.5 Å². The highest BCUT2D eigenvalue weighted by Crippen LogP contribution is 2.29. The Hall–Kier alpha value is -2.44. The number of amides is 1. The maximum absolute atomic E-state index is 12.0. The van der Waals surface area contributed by atoms with Crippen LogP contribution in [0.3, 0.4) is 0 Å². The van der Waals surface area contributed by atoms with Gasteiger partial charge in [-0.05, 0) is 12.1 Å². The molecule has 0 saturated heterocycles. The van der Waals surface area contributed by atoms with E-state index in [1.165, 1.54) is 6.20 Å². The third kappa shape index (κ3) is 2.24. The van der Waals surface area contributed by atoms with E-state index in [1.807, 2.05) is 24.3 Å². The molecule has 0 atom stereocenters. The number of carbonyl (C=O) groups excluding carboxylic acids is 1. The number of rotatable bonds is 2. The summed E-state index contributed by atoms with van der Waals surface area (Å²) in [5, 5.41) is 5.28. The number of fused-ring (bicyclic) bond motifs is 1. The van der Waals surface area contributed by atoms with Crippen molar-refractivity contribution in [3.63, 3.8) is 0 Å². The number of aryl methyl sites for hydroxylation is 1. The molecule has 2 aromatic heterocycles. The molecule has 0 unspecified atom stereocenters. The van der Waals surface area contributed by atoms with E-state index in [-0.39, 0.29) is 5.91 Å². The fourth-order valence-corrected chi connectivity index (χ4v) is 2.52. The Balaban J connectivity index is 2.33. The number of hydrogen-bond donors (Lipinski definition) is 2. The van der Waals surface area contributed by atoms with Crippen LogP contribution in [0.15, 0.2) is 36.5 Å². The summed E-state index contributed by atoms with van der Waals surface area (Å²) in [6.07, 6.45) is 1.54. The zero-order valence-electron chi connectivity index (χ0n) is 11.2. The smallest absolute Gasteiger partial charge is 0.265 e. The van der Waals surface area contributed by atoms with Gasteiger partial charge >= 0.3 is 0 Å². The number of halogens is 1. The molecule has 21 heavy (non-hydrogen) atoms. The van der Waals surface area contributed by atoms with Gasteiger partial charge in [-0.25, -0.2) is 10.8 Å². The second-order valence-corrected chi connectivity index (χ2v) is 4.92. The third-order valence-corrected chi connectivity index (χ3v) is 3.51. The van der Waals surface area contributed by atoms with Crippen molar-refractivity contribution in [2.45, 2.75) is 0 Å². The Kier molecular flexibility index (Phi) is 3.32. The Bertz CT molecular complexity index is 823. The van der Waals surface area contributed by atoms with Crippen molar-refractivity contribution in [1.29, 1.82) is 0 Å². The van der Waals surface area contributed by atoms with Gasteiger partial charge in [-0.3, -0.25) is 14.9 Å². The van der Waals surface area contributed by atoms with Crippen molar-refractivity contribution in [2.24, 2.45) is 12.9 Å². The van der Waals surface area contributed by atoms with Crippen LogP contribution in [0.1, 0.15) is 10.4 Å². The fraction of sp³-hybridized carbons (Fsp3) is 0.0714. The van der Waals surface area contributed by atoms with Gasteiger partial charge in [-0.1, -0.05) is 29.8 Å². The number of hydrazine groups is 1. The second-order valence-electron chi connectivity index (χ2n) is 4.51. The molecular weight excluding hydrogens is 290 g/mol. The summed E-state index contributed by atoms with van der Waals surface area (Å²) >= 11 is 6.15. The summed E-state index contributed by atoms with van der Waals surface area (Å²) in [4.78, 5) is 16.6. The van der Waals surface area contributed by atoms with E-state index in [1.54, 1.807) is 17.8 Å². The molecule has 3 aromatic rings.